The van der Waals surface area contributed by atoms with Gasteiger partial charge in [0.1, 0.15) is 22.1 Å². The second-order valence-corrected chi connectivity index (χ2v) is 12.7. The van der Waals surface area contributed by atoms with Gasteiger partial charge in [-0.1, -0.05) is 23.7 Å². The minimum Gasteiger partial charge on any atom is -0.441 e. The number of nitrogens with zero attached hydrogens (tertiary/aromatic N) is 3. The molecule has 2 aliphatic heterocycles. The summed E-state index contributed by atoms with van der Waals surface area (Å²) in [7, 11) is -4.44. The molecule has 12 heteroatoms. The van der Waals surface area contributed by atoms with Crippen LogP contribution in [0, 0.1) is 11.6 Å². The van der Waals surface area contributed by atoms with Gasteiger partial charge in [-0.2, -0.15) is 4.31 Å². The molecule has 8 nitrogen and oxygen atoms in total. The fourth-order valence-electron chi connectivity index (χ4n) is 5.79. The number of piperidine rings is 1. The smallest absolute Gasteiger partial charge is 0.410 e. The van der Waals surface area contributed by atoms with E-state index in [1.54, 1.807) is 11.0 Å². The average molecular weight is 584 g/mol. The van der Waals surface area contributed by atoms with Gasteiger partial charge < -0.3 is 14.7 Å². The Kier molecular flexibility index (Phi) is 8.17. The van der Waals surface area contributed by atoms with E-state index in [4.69, 9.17) is 21.4 Å². The van der Waals surface area contributed by atoms with Gasteiger partial charge >= 0.3 is 6.09 Å². The van der Waals surface area contributed by atoms with Crippen LogP contribution in [0.15, 0.2) is 47.4 Å². The lowest BCUT2D eigenvalue weighted by Gasteiger charge is -2.45. The maximum absolute atomic E-state index is 15.0. The molecule has 2 atom stereocenters. The summed E-state index contributed by atoms with van der Waals surface area (Å²) in [6.45, 7) is 2.64. The standard InChI is InChI=1S/C27H32ClF2N3O5S/c28-20-7-8-24(22(30)18-20)39(36,37)33-23(19-3-1-4-21(29)17-19)5-2-6-25(33)27(9-10-27)38-26(35)32-13-11-31(12-14-32)15-16-34/h1,3-4,7-8,17-18,23,25,34H,2,5-6,9-16H2/t23-,25+/m0/s1. The molecular weight excluding hydrogens is 552 g/mol. The number of aliphatic hydroxyl groups is 1. The van der Waals surface area contributed by atoms with Crippen LogP contribution >= 0.6 is 11.6 Å². The maximum Gasteiger partial charge on any atom is 0.410 e. The van der Waals surface area contributed by atoms with Crippen molar-refractivity contribution in [2.24, 2.45) is 0 Å². The van der Waals surface area contributed by atoms with E-state index in [2.05, 4.69) is 4.90 Å². The lowest BCUT2D eigenvalue weighted by molar-refractivity contribution is -0.0145. The number of sulfonamides is 1. The van der Waals surface area contributed by atoms with Crippen molar-refractivity contribution in [3.05, 3.63) is 64.7 Å². The largest absolute Gasteiger partial charge is 0.441 e. The molecule has 2 heterocycles. The molecule has 1 amide bonds. The Morgan fingerprint density at radius 2 is 1.82 bits per heavy atom. The van der Waals surface area contributed by atoms with Crippen LogP contribution in [-0.2, 0) is 14.8 Å². The van der Waals surface area contributed by atoms with Gasteiger partial charge in [-0.05, 0) is 68.0 Å². The highest BCUT2D eigenvalue weighted by Gasteiger charge is 2.60. The molecule has 0 radical (unpaired) electrons. The number of hydrogen-bond donors (Lipinski definition) is 1. The minimum atomic E-state index is -4.44. The van der Waals surface area contributed by atoms with Gasteiger partial charge in [-0.3, -0.25) is 4.90 Å². The first-order valence-corrected chi connectivity index (χ1v) is 15.0. The van der Waals surface area contributed by atoms with Crippen molar-refractivity contribution in [2.75, 3.05) is 39.3 Å². The van der Waals surface area contributed by atoms with Crippen LogP contribution in [-0.4, -0.2) is 84.7 Å². The summed E-state index contributed by atoms with van der Waals surface area (Å²) in [6.07, 6.45) is 1.88. The van der Waals surface area contributed by atoms with Crippen LogP contribution in [0.4, 0.5) is 13.6 Å². The van der Waals surface area contributed by atoms with Gasteiger partial charge in [0, 0.05) is 37.7 Å². The number of amides is 1. The average Bonchev–Trinajstić information content (AvgIpc) is 3.69. The molecule has 39 heavy (non-hydrogen) atoms. The van der Waals surface area contributed by atoms with Gasteiger partial charge in [0.25, 0.3) is 0 Å². The molecule has 0 unspecified atom stereocenters. The molecule has 2 aromatic rings. The number of β-amino-alcohol motifs (C(OH)–C–C–N with tert-alkyl or cyclic N) is 1. The zero-order valence-electron chi connectivity index (χ0n) is 21.4. The van der Waals surface area contributed by atoms with Gasteiger partial charge in [0.2, 0.25) is 10.0 Å². The van der Waals surface area contributed by atoms with Crippen molar-refractivity contribution in [1.82, 2.24) is 14.1 Å². The molecule has 1 N–H and O–H groups in total. The van der Waals surface area contributed by atoms with Crippen LogP contribution in [0.2, 0.25) is 5.02 Å². The first-order valence-electron chi connectivity index (χ1n) is 13.2. The fraction of sp³-hybridized carbons (Fsp3) is 0.519. The van der Waals surface area contributed by atoms with Gasteiger partial charge in [-0.25, -0.2) is 22.0 Å². The van der Waals surface area contributed by atoms with E-state index in [0.717, 1.165) is 12.1 Å². The summed E-state index contributed by atoms with van der Waals surface area (Å²) >= 11 is 5.90. The van der Waals surface area contributed by atoms with E-state index in [1.807, 2.05) is 0 Å². The molecule has 2 saturated heterocycles. The van der Waals surface area contributed by atoms with Crippen molar-refractivity contribution < 1.29 is 31.8 Å². The SMILES string of the molecule is O=C(OC1([C@H]2CCC[C@@H](c3cccc(F)c3)N2S(=O)(=O)c2ccc(Cl)cc2F)CC1)N1CCN(CCO)CC1. The zero-order chi connectivity index (χ0) is 27.8. The van der Waals surface area contributed by atoms with Crippen LogP contribution in [0.5, 0.6) is 0 Å². The normalized spacial score (nSPS) is 23.9. The van der Waals surface area contributed by atoms with E-state index in [9.17, 15) is 17.6 Å². The van der Waals surface area contributed by atoms with Crippen LogP contribution in [0.3, 0.4) is 0 Å². The Balaban J connectivity index is 1.47. The Bertz CT molecular complexity index is 1320. The highest BCUT2D eigenvalue weighted by molar-refractivity contribution is 7.89. The minimum absolute atomic E-state index is 0.0419. The number of aliphatic hydroxyl groups excluding tert-OH is 1. The summed E-state index contributed by atoms with van der Waals surface area (Å²) < 4.78 is 64.8. The molecule has 3 aliphatic rings. The number of halogens is 3. The third-order valence-corrected chi connectivity index (χ3v) is 10.1. The van der Waals surface area contributed by atoms with E-state index in [-0.39, 0.29) is 11.6 Å². The van der Waals surface area contributed by atoms with Gasteiger partial charge in [-0.15, -0.1) is 0 Å². The lowest BCUT2D eigenvalue weighted by atomic mass is 9.90. The van der Waals surface area contributed by atoms with Crippen molar-refractivity contribution in [2.45, 2.75) is 54.7 Å². The molecule has 0 aromatic heterocycles. The van der Waals surface area contributed by atoms with Crippen LogP contribution in [0.25, 0.3) is 0 Å². The summed E-state index contributed by atoms with van der Waals surface area (Å²) in [5, 5.41) is 9.23. The number of rotatable bonds is 7. The van der Waals surface area contributed by atoms with E-state index in [1.165, 1.54) is 28.6 Å². The van der Waals surface area contributed by atoms with Gasteiger partial charge in [0.05, 0.1) is 18.7 Å². The van der Waals surface area contributed by atoms with E-state index >= 15 is 4.39 Å². The number of piperazine rings is 1. The second kappa shape index (κ2) is 11.3. The molecule has 0 spiro atoms. The maximum atomic E-state index is 15.0. The lowest BCUT2D eigenvalue weighted by Crippen LogP contribution is -2.55. The van der Waals surface area contributed by atoms with Crippen LogP contribution in [0.1, 0.15) is 43.7 Å². The molecule has 0 bridgehead atoms. The molecule has 1 saturated carbocycles. The first-order chi connectivity index (χ1) is 18.6. The van der Waals surface area contributed by atoms with Crippen molar-refractivity contribution in [1.29, 1.82) is 0 Å². The Labute approximate surface area is 232 Å². The Hall–Kier alpha value is -2.31. The van der Waals surface area contributed by atoms with E-state index in [0.29, 0.717) is 70.4 Å². The van der Waals surface area contributed by atoms with Crippen LogP contribution < -0.4 is 0 Å². The summed E-state index contributed by atoms with van der Waals surface area (Å²) in [6, 6.07) is 7.65. The highest BCUT2D eigenvalue weighted by atomic mass is 35.5. The molecule has 5 rings (SSSR count). The van der Waals surface area contributed by atoms with E-state index < -0.39 is 50.3 Å². The monoisotopic (exact) mass is 583 g/mol. The Morgan fingerprint density at radius 3 is 2.46 bits per heavy atom. The molecule has 1 aliphatic carbocycles. The summed E-state index contributed by atoms with van der Waals surface area (Å²) in [5.41, 5.74) is -0.596. The van der Waals surface area contributed by atoms with Gasteiger partial charge in [0.15, 0.2) is 0 Å². The molecule has 3 fully saturated rings. The molecule has 212 valence electrons. The zero-order valence-corrected chi connectivity index (χ0v) is 23.0. The van der Waals surface area contributed by atoms with Crippen molar-refractivity contribution >= 4 is 27.7 Å². The number of benzene rings is 2. The topological polar surface area (TPSA) is 90.4 Å². The summed E-state index contributed by atoms with van der Waals surface area (Å²) in [4.78, 5) is 16.3. The predicted molar refractivity (Wildman–Crippen MR) is 141 cm³/mol. The second-order valence-electron chi connectivity index (χ2n) is 10.4. The molecule has 2 aromatic carbocycles. The first kappa shape index (κ1) is 28.2. The van der Waals surface area contributed by atoms with Crippen molar-refractivity contribution in [3.8, 4) is 0 Å². The third-order valence-electron chi connectivity index (χ3n) is 7.94. The Morgan fingerprint density at radius 1 is 1.08 bits per heavy atom. The van der Waals surface area contributed by atoms with Crippen molar-refractivity contribution in [3.63, 3.8) is 0 Å². The number of carbonyl (C=O) groups excluding carboxylic acids is 1. The number of ether oxygens (including phenoxy) is 1. The quantitative estimate of drug-likeness (QED) is 0.526. The summed E-state index contributed by atoms with van der Waals surface area (Å²) in [5.74, 6) is -1.48. The third kappa shape index (κ3) is 5.78. The fourth-order valence-corrected chi connectivity index (χ4v) is 7.92. The number of carbonyl (C=O) groups is 1. The molecular formula is C27H32ClF2N3O5S. The predicted octanol–water partition coefficient (Wildman–Crippen LogP) is 4.18. The highest BCUT2D eigenvalue weighted by Crippen LogP contribution is 2.52. The number of hydrogen-bond acceptors (Lipinski definition) is 6.